The number of hydrogen-bond donors (Lipinski definition) is 0. The summed E-state index contributed by atoms with van der Waals surface area (Å²) in [4.78, 5) is 29.7. The van der Waals surface area contributed by atoms with Gasteiger partial charge in [-0.15, -0.1) is 0 Å². The number of rotatable bonds is 4. The predicted octanol–water partition coefficient (Wildman–Crippen LogP) is 2.35. The van der Waals surface area contributed by atoms with E-state index in [0.29, 0.717) is 32.5 Å². The average molecular weight is 460 g/mol. The van der Waals surface area contributed by atoms with Crippen molar-refractivity contribution < 1.29 is 22.4 Å². The molecule has 0 saturated carbocycles. The smallest absolute Gasteiger partial charge is 0.260 e. The molecule has 2 saturated heterocycles. The maximum atomic E-state index is 13.3. The molecular weight excluding hydrogens is 433 g/mol. The van der Waals surface area contributed by atoms with Crippen molar-refractivity contribution in [2.75, 3.05) is 32.7 Å². The fourth-order valence-electron chi connectivity index (χ4n) is 4.31. The van der Waals surface area contributed by atoms with E-state index in [2.05, 4.69) is 0 Å². The molecule has 2 fully saturated rings. The third-order valence-electron chi connectivity index (χ3n) is 6.09. The lowest BCUT2D eigenvalue weighted by molar-refractivity contribution is -0.134. The Morgan fingerprint density at radius 2 is 1.53 bits per heavy atom. The SMILES string of the molecule is O=C(c1ccc(F)cc1)N1CCCCC(N2CCN(S(=O)(=O)c3ccccc3)CC2)C1=O. The van der Waals surface area contributed by atoms with E-state index in [9.17, 15) is 22.4 Å². The zero-order chi connectivity index (χ0) is 22.7. The van der Waals surface area contributed by atoms with Crippen LogP contribution in [0.5, 0.6) is 0 Å². The largest absolute Gasteiger partial charge is 0.289 e. The third kappa shape index (κ3) is 4.60. The normalized spacial score (nSPS) is 21.3. The minimum absolute atomic E-state index is 0.259. The van der Waals surface area contributed by atoms with Gasteiger partial charge in [-0.25, -0.2) is 12.8 Å². The van der Waals surface area contributed by atoms with E-state index in [0.717, 1.165) is 6.42 Å². The van der Waals surface area contributed by atoms with E-state index < -0.39 is 27.8 Å². The van der Waals surface area contributed by atoms with Gasteiger partial charge in [0.2, 0.25) is 15.9 Å². The Labute approximate surface area is 187 Å². The quantitative estimate of drug-likeness (QED) is 0.656. The van der Waals surface area contributed by atoms with Gasteiger partial charge in [-0.3, -0.25) is 19.4 Å². The highest BCUT2D eigenvalue weighted by Gasteiger charge is 2.38. The lowest BCUT2D eigenvalue weighted by atomic mass is 10.1. The van der Waals surface area contributed by atoms with E-state index in [1.807, 2.05) is 4.90 Å². The molecule has 0 aromatic heterocycles. The van der Waals surface area contributed by atoms with Crippen molar-refractivity contribution in [2.24, 2.45) is 0 Å². The second-order valence-electron chi connectivity index (χ2n) is 8.07. The lowest BCUT2D eigenvalue weighted by Crippen LogP contribution is -2.56. The zero-order valence-electron chi connectivity index (χ0n) is 17.7. The molecule has 2 heterocycles. The van der Waals surface area contributed by atoms with Crippen LogP contribution in [0, 0.1) is 5.82 Å². The van der Waals surface area contributed by atoms with Gasteiger partial charge in [0.15, 0.2) is 0 Å². The molecule has 0 bridgehead atoms. The number of nitrogens with zero attached hydrogens (tertiary/aromatic N) is 3. The van der Waals surface area contributed by atoms with Gasteiger partial charge < -0.3 is 0 Å². The molecule has 4 rings (SSSR count). The summed E-state index contributed by atoms with van der Waals surface area (Å²) in [5, 5.41) is 0. The van der Waals surface area contributed by atoms with Gasteiger partial charge in [0, 0.05) is 38.3 Å². The molecule has 2 aliphatic rings. The van der Waals surface area contributed by atoms with E-state index in [-0.39, 0.29) is 29.5 Å². The second-order valence-corrected chi connectivity index (χ2v) is 10.0. The van der Waals surface area contributed by atoms with Crippen LogP contribution >= 0.6 is 0 Å². The van der Waals surface area contributed by atoms with Gasteiger partial charge in [0.05, 0.1) is 10.9 Å². The number of benzene rings is 2. The van der Waals surface area contributed by atoms with E-state index in [1.165, 1.54) is 33.5 Å². The van der Waals surface area contributed by atoms with Crippen molar-refractivity contribution in [3.8, 4) is 0 Å². The number of hydrogen-bond acceptors (Lipinski definition) is 5. The predicted molar refractivity (Wildman–Crippen MR) is 117 cm³/mol. The van der Waals surface area contributed by atoms with Crippen molar-refractivity contribution in [3.63, 3.8) is 0 Å². The fourth-order valence-corrected chi connectivity index (χ4v) is 5.75. The first kappa shape index (κ1) is 22.6. The molecule has 2 aromatic carbocycles. The van der Waals surface area contributed by atoms with E-state index in [1.54, 1.807) is 30.3 Å². The van der Waals surface area contributed by atoms with Crippen LogP contribution < -0.4 is 0 Å². The molecule has 2 aliphatic heterocycles. The Morgan fingerprint density at radius 1 is 0.875 bits per heavy atom. The number of carbonyl (C=O) groups is 2. The number of carbonyl (C=O) groups excluding carboxylic acids is 2. The molecule has 7 nitrogen and oxygen atoms in total. The molecule has 32 heavy (non-hydrogen) atoms. The van der Waals surface area contributed by atoms with Gasteiger partial charge in [0.25, 0.3) is 5.91 Å². The molecule has 0 spiro atoms. The van der Waals surface area contributed by atoms with Crippen LogP contribution in [-0.2, 0) is 14.8 Å². The molecule has 0 aliphatic carbocycles. The number of imide groups is 1. The fraction of sp³-hybridized carbons (Fsp3) is 0.391. The van der Waals surface area contributed by atoms with Crippen LogP contribution in [0.15, 0.2) is 59.5 Å². The number of piperazine rings is 1. The van der Waals surface area contributed by atoms with Crippen molar-refractivity contribution >= 4 is 21.8 Å². The average Bonchev–Trinajstić information content (AvgIpc) is 3.01. The van der Waals surface area contributed by atoms with E-state index >= 15 is 0 Å². The monoisotopic (exact) mass is 459 g/mol. The van der Waals surface area contributed by atoms with Crippen molar-refractivity contribution in [1.29, 1.82) is 0 Å². The van der Waals surface area contributed by atoms with Crippen LogP contribution in [0.3, 0.4) is 0 Å². The number of amides is 2. The van der Waals surface area contributed by atoms with Crippen molar-refractivity contribution in [1.82, 2.24) is 14.1 Å². The summed E-state index contributed by atoms with van der Waals surface area (Å²) in [6, 6.07) is 13.0. The first-order valence-electron chi connectivity index (χ1n) is 10.8. The Bertz CT molecular complexity index is 1070. The van der Waals surface area contributed by atoms with Gasteiger partial charge in [-0.2, -0.15) is 4.31 Å². The van der Waals surface area contributed by atoms with Crippen LogP contribution in [0.4, 0.5) is 4.39 Å². The highest BCUT2D eigenvalue weighted by molar-refractivity contribution is 7.89. The molecule has 2 amide bonds. The second kappa shape index (κ2) is 9.48. The van der Waals surface area contributed by atoms with Crippen LogP contribution in [-0.4, -0.2) is 73.1 Å². The number of likely N-dealkylation sites (tertiary alicyclic amines) is 1. The maximum absolute atomic E-state index is 13.3. The zero-order valence-corrected chi connectivity index (χ0v) is 18.5. The van der Waals surface area contributed by atoms with Crippen LogP contribution in [0.1, 0.15) is 29.6 Å². The highest BCUT2D eigenvalue weighted by atomic mass is 32.2. The summed E-state index contributed by atoms with van der Waals surface area (Å²) in [7, 11) is -3.57. The summed E-state index contributed by atoms with van der Waals surface area (Å²) in [6.45, 7) is 1.73. The van der Waals surface area contributed by atoms with Gasteiger partial charge >= 0.3 is 0 Å². The minimum Gasteiger partial charge on any atom is -0.289 e. The molecule has 0 radical (unpaired) electrons. The number of halogens is 1. The molecule has 9 heteroatoms. The molecule has 2 aromatic rings. The molecule has 170 valence electrons. The first-order valence-corrected chi connectivity index (χ1v) is 12.2. The molecule has 1 unspecified atom stereocenters. The minimum atomic E-state index is -3.57. The lowest BCUT2D eigenvalue weighted by Gasteiger charge is -2.38. The summed E-state index contributed by atoms with van der Waals surface area (Å²) in [5.41, 5.74) is 0.277. The van der Waals surface area contributed by atoms with Crippen molar-refractivity contribution in [3.05, 3.63) is 66.0 Å². The summed E-state index contributed by atoms with van der Waals surface area (Å²) >= 11 is 0. The van der Waals surface area contributed by atoms with Gasteiger partial charge in [-0.05, 0) is 55.7 Å². The summed E-state index contributed by atoms with van der Waals surface area (Å²) in [5.74, 6) is -1.13. The maximum Gasteiger partial charge on any atom is 0.260 e. The Hall–Kier alpha value is -2.62. The standard InChI is InChI=1S/C23H26FN3O4S/c24-19-11-9-18(10-12-19)22(28)27-13-5-4-8-21(23(27)29)25-14-16-26(17-15-25)32(30,31)20-6-2-1-3-7-20/h1-3,6-7,9-12,21H,4-5,8,13-17H2. The van der Waals surface area contributed by atoms with Gasteiger partial charge in [-0.1, -0.05) is 18.2 Å². The number of sulfonamides is 1. The summed E-state index contributed by atoms with van der Waals surface area (Å²) < 4.78 is 40.4. The Kier molecular flexibility index (Phi) is 6.68. The van der Waals surface area contributed by atoms with Gasteiger partial charge in [0.1, 0.15) is 5.82 Å². The first-order chi connectivity index (χ1) is 15.4. The Morgan fingerprint density at radius 3 is 2.19 bits per heavy atom. The molecular formula is C23H26FN3O4S. The highest BCUT2D eigenvalue weighted by Crippen LogP contribution is 2.23. The van der Waals surface area contributed by atoms with Crippen molar-refractivity contribution in [2.45, 2.75) is 30.2 Å². The van der Waals surface area contributed by atoms with Crippen LogP contribution in [0.25, 0.3) is 0 Å². The third-order valence-corrected chi connectivity index (χ3v) is 8.00. The molecule has 1 atom stereocenters. The Balaban J connectivity index is 1.45. The summed E-state index contributed by atoms with van der Waals surface area (Å²) in [6.07, 6.45) is 2.13. The van der Waals surface area contributed by atoms with E-state index in [4.69, 9.17) is 0 Å². The molecule has 0 N–H and O–H groups in total. The topological polar surface area (TPSA) is 78.0 Å². The van der Waals surface area contributed by atoms with Crippen LogP contribution in [0.2, 0.25) is 0 Å².